The molecule has 0 spiro atoms. The van der Waals surface area contributed by atoms with Gasteiger partial charge in [0.05, 0.1) is 10.1 Å². The molecule has 0 aromatic carbocycles. The lowest BCUT2D eigenvalue weighted by molar-refractivity contribution is -0.116. The summed E-state index contributed by atoms with van der Waals surface area (Å²) in [6.45, 7) is 4.05. The summed E-state index contributed by atoms with van der Waals surface area (Å²) in [6.07, 6.45) is 11.1. The zero-order valence-corrected chi connectivity index (χ0v) is 16.5. The quantitative estimate of drug-likeness (QED) is 0.336. The second-order valence-electron chi connectivity index (χ2n) is 6.19. The van der Waals surface area contributed by atoms with Crippen LogP contribution in [0, 0.1) is 0 Å². The van der Waals surface area contributed by atoms with Crippen LogP contribution in [0.25, 0.3) is 0 Å². The number of unbranched alkanes of at least 4 members (excludes halogenated alkanes) is 4. The third-order valence-electron chi connectivity index (χ3n) is 3.79. The van der Waals surface area contributed by atoms with E-state index in [0.29, 0.717) is 23.1 Å². The van der Waals surface area contributed by atoms with Gasteiger partial charge in [-0.15, -0.1) is 0 Å². The Balaban J connectivity index is 0.000000515. The van der Waals surface area contributed by atoms with Crippen molar-refractivity contribution in [2.45, 2.75) is 78.1 Å². The van der Waals surface area contributed by atoms with Crippen molar-refractivity contribution in [2.24, 2.45) is 0 Å². The van der Waals surface area contributed by atoms with Crippen molar-refractivity contribution in [3.63, 3.8) is 0 Å². The molecule has 0 unspecified atom stereocenters. The first-order valence-corrected chi connectivity index (χ1v) is 12.3. The van der Waals surface area contributed by atoms with Crippen molar-refractivity contribution >= 4 is 26.8 Å². The van der Waals surface area contributed by atoms with Gasteiger partial charge in [0.2, 0.25) is 0 Å². The maximum Gasteiger partial charge on any atom is 0.181 e. The van der Waals surface area contributed by atoms with E-state index in [1.807, 2.05) is 6.92 Å². The minimum Gasteiger partial charge on any atom is -0.748 e. The third kappa shape index (κ3) is 16.6. The normalized spacial score (nSPS) is 15.8. The number of hydrogen-bond acceptors (Lipinski definition) is 4. The van der Waals surface area contributed by atoms with Crippen molar-refractivity contribution in [3.8, 4) is 0 Å². The van der Waals surface area contributed by atoms with Gasteiger partial charge in [-0.25, -0.2) is 8.42 Å². The highest BCUT2D eigenvalue weighted by atomic mass is 32.2. The summed E-state index contributed by atoms with van der Waals surface area (Å²) in [6, 6.07) is 0. The molecule has 4 nitrogen and oxygen atoms in total. The maximum atomic E-state index is 11.7. The molecule has 0 atom stereocenters. The number of ketones is 1. The van der Waals surface area contributed by atoms with Crippen molar-refractivity contribution in [1.82, 2.24) is 0 Å². The molecule has 0 bridgehead atoms. The first kappa shape index (κ1) is 22.9. The average Bonchev–Trinajstić information content (AvgIpc) is 2.50. The maximum absolute atomic E-state index is 11.7. The van der Waals surface area contributed by atoms with E-state index >= 15 is 0 Å². The second kappa shape index (κ2) is 14.3. The van der Waals surface area contributed by atoms with Gasteiger partial charge in [0.1, 0.15) is 11.5 Å². The highest BCUT2D eigenvalue weighted by Gasteiger charge is 2.24. The monoisotopic (exact) mass is 366 g/mol. The Morgan fingerprint density at radius 2 is 1.57 bits per heavy atom. The molecule has 1 aliphatic rings. The van der Waals surface area contributed by atoms with Crippen LogP contribution in [0.15, 0.2) is 0 Å². The zero-order valence-electron chi connectivity index (χ0n) is 14.8. The molecule has 0 radical (unpaired) electrons. The standard InChI is InChI=1S/C13H25OS.C4H10O3S/c1-2-3-4-6-9-13(14)12-15-10-7-5-8-11-15;1-2-3-4-8(5,6)7/h2-12H2,1H3;2-4H2,1H3,(H,5,6,7)/q+1;/p-1. The van der Waals surface area contributed by atoms with E-state index in [1.54, 1.807) is 0 Å². The highest BCUT2D eigenvalue weighted by Crippen LogP contribution is 2.14. The molecule has 1 fully saturated rings. The Hall–Kier alpha value is -0.0700. The molecule has 23 heavy (non-hydrogen) atoms. The minimum atomic E-state index is -3.94. The van der Waals surface area contributed by atoms with Crippen LogP contribution < -0.4 is 0 Å². The van der Waals surface area contributed by atoms with E-state index in [0.717, 1.165) is 25.0 Å². The predicted molar refractivity (Wildman–Crippen MR) is 99.1 cm³/mol. The van der Waals surface area contributed by atoms with Crippen LogP contribution in [0.4, 0.5) is 0 Å². The topological polar surface area (TPSA) is 74.3 Å². The number of rotatable bonds is 10. The average molecular weight is 367 g/mol. The first-order chi connectivity index (χ1) is 10.9. The van der Waals surface area contributed by atoms with Crippen LogP contribution in [-0.4, -0.2) is 41.8 Å². The molecule has 1 rings (SSSR count). The van der Waals surface area contributed by atoms with Gasteiger partial charge in [-0.05, 0) is 43.0 Å². The molecule has 138 valence electrons. The van der Waals surface area contributed by atoms with Gasteiger partial charge in [-0.3, -0.25) is 4.79 Å². The molecule has 0 aliphatic carbocycles. The molecule has 0 N–H and O–H groups in total. The Labute approximate surface area is 145 Å². The fourth-order valence-electron chi connectivity index (χ4n) is 2.41. The fraction of sp³-hybridized carbons (Fsp3) is 0.941. The van der Waals surface area contributed by atoms with Crippen molar-refractivity contribution < 1.29 is 17.8 Å². The van der Waals surface area contributed by atoms with E-state index in [-0.39, 0.29) is 5.75 Å². The van der Waals surface area contributed by atoms with Crippen LogP contribution in [-0.2, 0) is 25.8 Å². The number of Topliss-reactive ketones (excluding diaryl/α,β-unsaturated/α-hetero) is 1. The largest absolute Gasteiger partial charge is 0.748 e. The van der Waals surface area contributed by atoms with Gasteiger partial charge in [-0.2, -0.15) is 0 Å². The van der Waals surface area contributed by atoms with Crippen molar-refractivity contribution in [3.05, 3.63) is 0 Å². The summed E-state index contributed by atoms with van der Waals surface area (Å²) >= 11 is 0. The Morgan fingerprint density at radius 1 is 0.957 bits per heavy atom. The van der Waals surface area contributed by atoms with E-state index in [1.165, 1.54) is 50.0 Å². The van der Waals surface area contributed by atoms with E-state index in [9.17, 15) is 17.8 Å². The third-order valence-corrected chi connectivity index (χ3v) is 7.04. The lowest BCUT2D eigenvalue weighted by Gasteiger charge is -2.12. The molecule has 1 heterocycles. The second-order valence-corrected chi connectivity index (χ2v) is 10.0. The Bertz CT molecular complexity index is 387. The van der Waals surface area contributed by atoms with Gasteiger partial charge in [-0.1, -0.05) is 39.5 Å². The summed E-state index contributed by atoms with van der Waals surface area (Å²) < 4.78 is 29.5. The van der Waals surface area contributed by atoms with Gasteiger partial charge in [0, 0.05) is 12.2 Å². The van der Waals surface area contributed by atoms with Crippen LogP contribution >= 0.6 is 0 Å². The van der Waals surface area contributed by atoms with Crippen molar-refractivity contribution in [1.29, 1.82) is 0 Å². The molecule has 1 saturated heterocycles. The first-order valence-electron chi connectivity index (χ1n) is 8.98. The molecule has 1 aliphatic heterocycles. The number of carbonyl (C=O) groups is 1. The Morgan fingerprint density at radius 3 is 2.04 bits per heavy atom. The van der Waals surface area contributed by atoms with Crippen LogP contribution in [0.3, 0.4) is 0 Å². The lowest BCUT2D eigenvalue weighted by Crippen LogP contribution is -2.25. The molecule has 0 amide bonds. The zero-order chi connectivity index (χ0) is 17.6. The Kier molecular flexibility index (Phi) is 14.2. The molecule has 0 saturated carbocycles. The van der Waals surface area contributed by atoms with Gasteiger partial charge < -0.3 is 4.55 Å². The highest BCUT2D eigenvalue weighted by molar-refractivity contribution is 7.97. The van der Waals surface area contributed by atoms with Crippen molar-refractivity contribution in [2.75, 3.05) is 23.0 Å². The van der Waals surface area contributed by atoms with Crippen LogP contribution in [0.1, 0.15) is 78.1 Å². The molecule has 6 heteroatoms. The van der Waals surface area contributed by atoms with Gasteiger partial charge in [0.15, 0.2) is 11.5 Å². The summed E-state index contributed by atoms with van der Waals surface area (Å²) in [5.74, 6) is 3.90. The summed E-state index contributed by atoms with van der Waals surface area (Å²) in [4.78, 5) is 11.7. The fourth-order valence-corrected chi connectivity index (χ4v) is 5.36. The molecule has 0 aromatic rings. The van der Waals surface area contributed by atoms with Crippen LogP contribution in [0.5, 0.6) is 0 Å². The molecular formula is C17H34O4S2. The SMILES string of the molecule is CCCCCCC(=O)C[S+]1CCCCC1.CCCCS(=O)(=O)[O-]. The number of carbonyl (C=O) groups excluding carboxylic acids is 1. The summed E-state index contributed by atoms with van der Waals surface area (Å²) in [5.41, 5.74) is 0. The minimum absolute atomic E-state index is 0.219. The summed E-state index contributed by atoms with van der Waals surface area (Å²) in [5, 5.41) is 0. The predicted octanol–water partition coefficient (Wildman–Crippen LogP) is 3.66. The van der Waals surface area contributed by atoms with E-state index in [2.05, 4.69) is 6.92 Å². The van der Waals surface area contributed by atoms with E-state index < -0.39 is 10.1 Å². The van der Waals surface area contributed by atoms with Crippen LogP contribution in [0.2, 0.25) is 0 Å². The lowest BCUT2D eigenvalue weighted by atomic mass is 10.1. The summed E-state index contributed by atoms with van der Waals surface area (Å²) in [7, 11) is -3.47. The van der Waals surface area contributed by atoms with Gasteiger partial charge in [0.25, 0.3) is 0 Å². The smallest absolute Gasteiger partial charge is 0.181 e. The van der Waals surface area contributed by atoms with Gasteiger partial charge >= 0.3 is 0 Å². The molecule has 0 aromatic heterocycles. The van der Waals surface area contributed by atoms with E-state index in [4.69, 9.17) is 0 Å². The number of hydrogen-bond donors (Lipinski definition) is 0. The molecular weight excluding hydrogens is 332 g/mol.